The number of nitrogens with zero attached hydrogens (tertiary/aromatic N) is 1. The predicted molar refractivity (Wildman–Crippen MR) is 72.9 cm³/mol. The molecule has 0 saturated heterocycles. The van der Waals surface area contributed by atoms with Gasteiger partial charge in [-0.15, -0.1) is 0 Å². The fraction of sp³-hybridized carbons (Fsp3) is 0.429. The molecular formula is C14H18ClNO2. The largest absolute Gasteiger partial charge is 0.343 e. The Hall–Kier alpha value is -1.35. The summed E-state index contributed by atoms with van der Waals surface area (Å²) in [6, 6.07) is 6.74. The first-order valence-electron chi connectivity index (χ1n) is 6.15. The first-order valence-corrected chi connectivity index (χ1v) is 6.52. The lowest BCUT2D eigenvalue weighted by Crippen LogP contribution is -2.30. The maximum Gasteiger partial charge on any atom is 0.223 e. The van der Waals surface area contributed by atoms with Crippen LogP contribution in [0, 0.1) is 0 Å². The van der Waals surface area contributed by atoms with E-state index in [1.54, 1.807) is 29.2 Å². The number of rotatable bonds is 6. The maximum absolute atomic E-state index is 11.8. The molecule has 0 unspecified atom stereocenters. The number of carbonyl (C=O) groups excluding carboxylic acids is 2. The third-order valence-corrected chi connectivity index (χ3v) is 3.10. The van der Waals surface area contributed by atoms with E-state index < -0.39 is 0 Å². The summed E-state index contributed by atoms with van der Waals surface area (Å²) in [5.41, 5.74) is 0.603. The molecule has 0 atom stereocenters. The molecule has 3 nitrogen and oxygen atoms in total. The minimum Gasteiger partial charge on any atom is -0.343 e. The van der Waals surface area contributed by atoms with Crippen LogP contribution in [-0.4, -0.2) is 29.7 Å². The lowest BCUT2D eigenvalue weighted by molar-refractivity contribution is -0.130. The van der Waals surface area contributed by atoms with Crippen molar-refractivity contribution in [3.05, 3.63) is 34.9 Å². The normalized spacial score (nSPS) is 10.2. The van der Waals surface area contributed by atoms with Crippen LogP contribution < -0.4 is 0 Å². The van der Waals surface area contributed by atoms with Crippen molar-refractivity contribution < 1.29 is 9.59 Å². The number of carbonyl (C=O) groups is 2. The van der Waals surface area contributed by atoms with Gasteiger partial charge in [0.2, 0.25) is 5.91 Å². The zero-order valence-electron chi connectivity index (χ0n) is 10.8. The Morgan fingerprint density at radius 3 is 2.11 bits per heavy atom. The van der Waals surface area contributed by atoms with E-state index >= 15 is 0 Å². The fourth-order valence-electron chi connectivity index (χ4n) is 1.74. The van der Waals surface area contributed by atoms with Gasteiger partial charge in [0.25, 0.3) is 0 Å². The molecule has 18 heavy (non-hydrogen) atoms. The molecule has 0 aliphatic carbocycles. The summed E-state index contributed by atoms with van der Waals surface area (Å²) >= 11 is 5.75. The van der Waals surface area contributed by atoms with Crippen molar-refractivity contribution in [1.29, 1.82) is 0 Å². The SMILES string of the molecule is CCN(CC)C(=O)CCC(=O)c1ccc(Cl)cc1. The van der Waals surface area contributed by atoms with Crippen LogP contribution in [0.4, 0.5) is 0 Å². The van der Waals surface area contributed by atoms with Gasteiger partial charge in [-0.05, 0) is 38.1 Å². The monoisotopic (exact) mass is 267 g/mol. The smallest absolute Gasteiger partial charge is 0.223 e. The summed E-state index contributed by atoms with van der Waals surface area (Å²) in [4.78, 5) is 25.3. The van der Waals surface area contributed by atoms with Gasteiger partial charge in [0.1, 0.15) is 0 Å². The average Bonchev–Trinajstić information content (AvgIpc) is 2.38. The molecular weight excluding hydrogens is 250 g/mol. The molecule has 0 aliphatic rings. The van der Waals surface area contributed by atoms with Crippen LogP contribution in [0.15, 0.2) is 24.3 Å². The molecule has 1 aromatic carbocycles. The van der Waals surface area contributed by atoms with Crippen molar-refractivity contribution in [3.63, 3.8) is 0 Å². The molecule has 0 spiro atoms. The Labute approximate surface area is 113 Å². The van der Waals surface area contributed by atoms with Gasteiger partial charge in [0.05, 0.1) is 0 Å². The highest BCUT2D eigenvalue weighted by Crippen LogP contribution is 2.12. The van der Waals surface area contributed by atoms with E-state index in [2.05, 4.69) is 0 Å². The Morgan fingerprint density at radius 1 is 1.06 bits per heavy atom. The zero-order chi connectivity index (χ0) is 13.5. The first-order chi connectivity index (χ1) is 8.58. The molecule has 0 heterocycles. The number of ketones is 1. The number of Topliss-reactive ketones (excluding diaryl/α,β-unsaturated/α-hetero) is 1. The van der Waals surface area contributed by atoms with Gasteiger partial charge in [-0.25, -0.2) is 0 Å². The summed E-state index contributed by atoms with van der Waals surface area (Å²) < 4.78 is 0. The molecule has 0 aliphatic heterocycles. The predicted octanol–water partition coefficient (Wildman–Crippen LogP) is 3.17. The van der Waals surface area contributed by atoms with Gasteiger partial charge >= 0.3 is 0 Å². The van der Waals surface area contributed by atoms with Gasteiger partial charge in [0.15, 0.2) is 5.78 Å². The quantitative estimate of drug-likeness (QED) is 0.743. The van der Waals surface area contributed by atoms with Gasteiger partial charge in [-0.3, -0.25) is 9.59 Å². The molecule has 0 aromatic heterocycles. The van der Waals surface area contributed by atoms with Crippen LogP contribution in [0.2, 0.25) is 5.02 Å². The van der Waals surface area contributed by atoms with Crippen LogP contribution in [0.3, 0.4) is 0 Å². The van der Waals surface area contributed by atoms with Crippen molar-refractivity contribution in [2.75, 3.05) is 13.1 Å². The van der Waals surface area contributed by atoms with Gasteiger partial charge < -0.3 is 4.90 Å². The van der Waals surface area contributed by atoms with Gasteiger partial charge in [-0.1, -0.05) is 11.6 Å². The molecule has 0 N–H and O–H groups in total. The van der Waals surface area contributed by atoms with Crippen LogP contribution in [0.5, 0.6) is 0 Å². The Bertz CT molecular complexity index is 410. The number of hydrogen-bond acceptors (Lipinski definition) is 2. The Morgan fingerprint density at radius 2 is 1.61 bits per heavy atom. The highest BCUT2D eigenvalue weighted by Gasteiger charge is 2.12. The summed E-state index contributed by atoms with van der Waals surface area (Å²) in [5.74, 6) is 0.00878. The van der Waals surface area contributed by atoms with E-state index in [-0.39, 0.29) is 24.5 Å². The highest BCUT2D eigenvalue weighted by atomic mass is 35.5. The van der Waals surface area contributed by atoms with E-state index in [0.29, 0.717) is 23.7 Å². The second-order valence-electron chi connectivity index (χ2n) is 4.00. The lowest BCUT2D eigenvalue weighted by atomic mass is 10.1. The Balaban J connectivity index is 2.51. The molecule has 98 valence electrons. The average molecular weight is 268 g/mol. The molecule has 0 fully saturated rings. The lowest BCUT2D eigenvalue weighted by Gasteiger charge is -2.18. The standard InChI is InChI=1S/C14H18ClNO2/c1-3-16(4-2)14(18)10-9-13(17)11-5-7-12(15)8-6-11/h5-8H,3-4,9-10H2,1-2H3. The van der Waals surface area contributed by atoms with Crippen LogP contribution >= 0.6 is 11.6 Å². The van der Waals surface area contributed by atoms with Crippen molar-refractivity contribution in [2.24, 2.45) is 0 Å². The number of halogens is 1. The summed E-state index contributed by atoms with van der Waals surface area (Å²) in [6.45, 7) is 5.24. The molecule has 0 saturated carbocycles. The summed E-state index contributed by atoms with van der Waals surface area (Å²) in [5, 5.41) is 0.603. The van der Waals surface area contributed by atoms with Crippen molar-refractivity contribution in [1.82, 2.24) is 4.90 Å². The molecule has 0 radical (unpaired) electrons. The Kier molecular flexibility index (Phi) is 5.86. The topological polar surface area (TPSA) is 37.4 Å². The van der Waals surface area contributed by atoms with Gasteiger partial charge in [0, 0.05) is 36.5 Å². The van der Waals surface area contributed by atoms with E-state index in [0.717, 1.165) is 0 Å². The third-order valence-electron chi connectivity index (χ3n) is 2.85. The highest BCUT2D eigenvalue weighted by molar-refractivity contribution is 6.30. The minimum atomic E-state index is -0.0211. The van der Waals surface area contributed by atoms with E-state index in [1.807, 2.05) is 13.8 Å². The number of amides is 1. The molecule has 1 rings (SSSR count). The first kappa shape index (κ1) is 14.7. The van der Waals surface area contributed by atoms with E-state index in [4.69, 9.17) is 11.6 Å². The molecule has 4 heteroatoms. The summed E-state index contributed by atoms with van der Waals surface area (Å²) in [7, 11) is 0. The van der Waals surface area contributed by atoms with Gasteiger partial charge in [-0.2, -0.15) is 0 Å². The second-order valence-corrected chi connectivity index (χ2v) is 4.43. The molecule has 0 bridgehead atoms. The number of hydrogen-bond donors (Lipinski definition) is 0. The van der Waals surface area contributed by atoms with E-state index in [9.17, 15) is 9.59 Å². The van der Waals surface area contributed by atoms with Crippen molar-refractivity contribution in [3.8, 4) is 0 Å². The van der Waals surface area contributed by atoms with Crippen molar-refractivity contribution in [2.45, 2.75) is 26.7 Å². The molecule has 1 aromatic rings. The third kappa shape index (κ3) is 4.15. The summed E-state index contributed by atoms with van der Waals surface area (Å²) in [6.07, 6.45) is 0.514. The maximum atomic E-state index is 11.8. The van der Waals surface area contributed by atoms with Crippen LogP contribution in [-0.2, 0) is 4.79 Å². The number of benzene rings is 1. The van der Waals surface area contributed by atoms with Crippen LogP contribution in [0.25, 0.3) is 0 Å². The fourth-order valence-corrected chi connectivity index (χ4v) is 1.86. The van der Waals surface area contributed by atoms with Crippen molar-refractivity contribution >= 4 is 23.3 Å². The molecule has 1 amide bonds. The zero-order valence-corrected chi connectivity index (χ0v) is 11.5. The minimum absolute atomic E-state index is 0.0211. The second kappa shape index (κ2) is 7.17. The van der Waals surface area contributed by atoms with Crippen LogP contribution in [0.1, 0.15) is 37.0 Å². The van der Waals surface area contributed by atoms with E-state index in [1.165, 1.54) is 0 Å².